The van der Waals surface area contributed by atoms with Gasteiger partial charge in [0.2, 0.25) is 0 Å². The molecule has 25 heavy (non-hydrogen) atoms. The zero-order chi connectivity index (χ0) is 17.8. The topological polar surface area (TPSA) is 91.8 Å². The molecule has 0 saturated heterocycles. The van der Waals surface area contributed by atoms with E-state index in [1.165, 1.54) is 0 Å². The summed E-state index contributed by atoms with van der Waals surface area (Å²) < 4.78 is 0. The number of hydrogen-bond acceptors (Lipinski definition) is 5. The molecule has 3 aromatic rings. The van der Waals surface area contributed by atoms with Crippen molar-refractivity contribution in [3.63, 3.8) is 0 Å². The van der Waals surface area contributed by atoms with Crippen molar-refractivity contribution in [1.82, 2.24) is 20.3 Å². The number of anilines is 3. The van der Waals surface area contributed by atoms with Crippen molar-refractivity contribution in [2.45, 2.75) is 6.92 Å². The Labute approximate surface area is 153 Å². The van der Waals surface area contributed by atoms with E-state index < -0.39 is 0 Å². The molecular weight excluding hydrogens is 363 g/mol. The highest BCUT2D eigenvalue weighted by Gasteiger charge is 2.07. The molecule has 0 saturated carbocycles. The Morgan fingerprint density at radius 1 is 1.12 bits per heavy atom. The molecule has 0 aliphatic heterocycles. The summed E-state index contributed by atoms with van der Waals surface area (Å²) in [5.41, 5.74) is 1.60. The lowest BCUT2D eigenvalue weighted by molar-refractivity contribution is 0.252. The van der Waals surface area contributed by atoms with E-state index in [1.807, 2.05) is 6.92 Å². The number of urea groups is 1. The van der Waals surface area contributed by atoms with Gasteiger partial charge < -0.3 is 10.6 Å². The van der Waals surface area contributed by atoms with E-state index in [4.69, 9.17) is 23.2 Å². The van der Waals surface area contributed by atoms with E-state index >= 15 is 0 Å². The van der Waals surface area contributed by atoms with Gasteiger partial charge in [-0.3, -0.25) is 5.32 Å². The van der Waals surface area contributed by atoms with Crippen LogP contribution in [0.15, 0.2) is 36.5 Å². The van der Waals surface area contributed by atoms with Crippen molar-refractivity contribution in [3.05, 3.63) is 46.6 Å². The fraction of sp³-hybridized carbons (Fsp3) is 0.125. The third-order valence-corrected chi connectivity index (χ3v) is 3.74. The third-order valence-electron chi connectivity index (χ3n) is 3.18. The molecule has 128 valence electrons. The lowest BCUT2D eigenvalue weighted by atomic mass is 10.3. The highest BCUT2D eigenvalue weighted by atomic mass is 35.5. The number of benzene rings is 1. The van der Waals surface area contributed by atoms with Crippen LogP contribution in [0.25, 0.3) is 11.2 Å². The summed E-state index contributed by atoms with van der Waals surface area (Å²) in [6.07, 6.45) is 1.57. The molecule has 0 bridgehead atoms. The summed E-state index contributed by atoms with van der Waals surface area (Å²) >= 11 is 12.1. The number of nitrogens with zero attached hydrogens (tertiary/aromatic N) is 3. The van der Waals surface area contributed by atoms with E-state index in [2.05, 4.69) is 30.9 Å². The fourth-order valence-corrected chi connectivity index (χ4v) is 2.42. The molecule has 7 nitrogen and oxygen atoms in total. The van der Waals surface area contributed by atoms with Gasteiger partial charge in [0.05, 0.1) is 16.9 Å². The van der Waals surface area contributed by atoms with Crippen LogP contribution in [0.1, 0.15) is 6.92 Å². The minimum atomic E-state index is -0.331. The minimum Gasteiger partial charge on any atom is -0.338 e. The van der Waals surface area contributed by atoms with Crippen molar-refractivity contribution in [1.29, 1.82) is 0 Å². The Bertz CT molecular complexity index is 934. The first-order valence-corrected chi connectivity index (χ1v) is 8.21. The van der Waals surface area contributed by atoms with Crippen LogP contribution in [0.2, 0.25) is 10.0 Å². The molecule has 3 rings (SSSR count). The lowest BCUT2D eigenvalue weighted by Crippen LogP contribution is -2.28. The largest absolute Gasteiger partial charge is 0.338 e. The van der Waals surface area contributed by atoms with Gasteiger partial charge in [-0.25, -0.2) is 19.7 Å². The number of amides is 2. The Kier molecular flexibility index (Phi) is 5.16. The van der Waals surface area contributed by atoms with Crippen molar-refractivity contribution < 1.29 is 4.79 Å². The second kappa shape index (κ2) is 7.50. The van der Waals surface area contributed by atoms with Crippen molar-refractivity contribution in [2.75, 3.05) is 17.2 Å². The van der Waals surface area contributed by atoms with Crippen molar-refractivity contribution in [2.24, 2.45) is 0 Å². The Morgan fingerprint density at radius 2 is 1.92 bits per heavy atom. The lowest BCUT2D eigenvalue weighted by Gasteiger charge is -2.09. The molecule has 0 radical (unpaired) electrons. The first kappa shape index (κ1) is 17.2. The monoisotopic (exact) mass is 376 g/mol. The first-order chi connectivity index (χ1) is 12.0. The van der Waals surface area contributed by atoms with Gasteiger partial charge in [-0.15, -0.1) is 0 Å². The molecule has 0 fully saturated rings. The fourth-order valence-electron chi connectivity index (χ4n) is 2.08. The number of halogens is 2. The Morgan fingerprint density at radius 3 is 2.72 bits per heavy atom. The quantitative estimate of drug-likeness (QED) is 0.633. The summed E-state index contributed by atoms with van der Waals surface area (Å²) in [6.45, 7) is 2.35. The van der Waals surface area contributed by atoms with Crippen LogP contribution < -0.4 is 16.0 Å². The molecule has 2 aromatic heterocycles. The second-order valence-corrected chi connectivity index (χ2v) is 5.87. The van der Waals surface area contributed by atoms with E-state index in [1.54, 1.807) is 36.5 Å². The summed E-state index contributed by atoms with van der Waals surface area (Å²) in [7, 11) is 0. The molecule has 0 atom stereocenters. The number of hydrogen-bond donors (Lipinski definition) is 3. The average Bonchev–Trinajstić information content (AvgIpc) is 2.58. The number of carbonyl (C=O) groups excluding carboxylic acids is 1. The van der Waals surface area contributed by atoms with Gasteiger partial charge in [0, 0.05) is 11.6 Å². The first-order valence-electron chi connectivity index (χ1n) is 7.46. The van der Waals surface area contributed by atoms with Gasteiger partial charge in [-0.05, 0) is 37.3 Å². The van der Waals surface area contributed by atoms with Crippen LogP contribution in [-0.4, -0.2) is 27.5 Å². The Hall–Kier alpha value is -2.64. The smallest absolute Gasteiger partial charge is 0.320 e. The van der Waals surface area contributed by atoms with Crippen LogP contribution in [-0.2, 0) is 0 Å². The second-order valence-electron chi connectivity index (χ2n) is 5.03. The molecule has 2 amide bonds. The van der Waals surface area contributed by atoms with Crippen molar-refractivity contribution >= 4 is 57.7 Å². The van der Waals surface area contributed by atoms with Gasteiger partial charge >= 0.3 is 6.03 Å². The predicted octanol–water partition coefficient (Wildman–Crippen LogP) is 4.22. The van der Waals surface area contributed by atoms with E-state index in [0.717, 1.165) is 0 Å². The van der Waals surface area contributed by atoms with Gasteiger partial charge in [0.25, 0.3) is 0 Å². The molecule has 0 unspecified atom stereocenters. The molecular formula is C16H14Cl2N6O. The highest BCUT2D eigenvalue weighted by Crippen LogP contribution is 2.28. The van der Waals surface area contributed by atoms with Crippen LogP contribution >= 0.6 is 23.2 Å². The molecule has 0 spiro atoms. The standard InChI is InChI=1S/C16H14Cl2N6O/c1-2-19-16(25)24-13-6-5-11-15(22-13)23-14(8-20-11)21-12-7-9(17)3-4-10(12)18/h3-8H,2H2,1H3,(H3,19,21,22,23,24,25). The molecule has 0 aliphatic rings. The maximum atomic E-state index is 11.6. The maximum absolute atomic E-state index is 11.6. The van der Waals surface area contributed by atoms with Gasteiger partial charge in [0.15, 0.2) is 11.5 Å². The number of carbonyl (C=O) groups is 1. The van der Waals surface area contributed by atoms with Crippen LogP contribution in [0, 0.1) is 0 Å². The SMILES string of the molecule is CCNC(=O)Nc1ccc2ncc(Nc3cc(Cl)ccc3Cl)nc2n1. The number of aromatic nitrogens is 3. The number of nitrogens with one attached hydrogen (secondary N) is 3. The molecule has 0 aliphatic carbocycles. The summed E-state index contributed by atoms with van der Waals surface area (Å²) in [6, 6.07) is 8.13. The maximum Gasteiger partial charge on any atom is 0.320 e. The summed E-state index contributed by atoms with van der Waals surface area (Å²) in [5, 5.41) is 9.37. The number of fused-ring (bicyclic) bond motifs is 1. The predicted molar refractivity (Wildman–Crippen MR) is 99.8 cm³/mol. The highest BCUT2D eigenvalue weighted by molar-refractivity contribution is 6.35. The zero-order valence-electron chi connectivity index (χ0n) is 13.2. The van der Waals surface area contributed by atoms with E-state index in [0.29, 0.717) is 45.1 Å². The normalized spacial score (nSPS) is 10.5. The number of pyridine rings is 1. The van der Waals surface area contributed by atoms with Crippen LogP contribution in [0.5, 0.6) is 0 Å². The van der Waals surface area contributed by atoms with Gasteiger partial charge in [0.1, 0.15) is 11.3 Å². The van der Waals surface area contributed by atoms with Gasteiger partial charge in [-0.1, -0.05) is 23.2 Å². The molecule has 9 heteroatoms. The number of rotatable bonds is 4. The molecule has 3 N–H and O–H groups in total. The average molecular weight is 377 g/mol. The van der Waals surface area contributed by atoms with Gasteiger partial charge in [-0.2, -0.15) is 0 Å². The van der Waals surface area contributed by atoms with Crippen LogP contribution in [0.3, 0.4) is 0 Å². The minimum absolute atomic E-state index is 0.331. The molecule has 1 aromatic carbocycles. The van der Waals surface area contributed by atoms with Crippen LogP contribution in [0.4, 0.5) is 22.1 Å². The summed E-state index contributed by atoms with van der Waals surface area (Å²) in [5.74, 6) is 0.838. The van der Waals surface area contributed by atoms with Crippen molar-refractivity contribution in [3.8, 4) is 0 Å². The van der Waals surface area contributed by atoms with E-state index in [-0.39, 0.29) is 6.03 Å². The van der Waals surface area contributed by atoms with E-state index in [9.17, 15) is 4.79 Å². The third kappa shape index (κ3) is 4.26. The summed E-state index contributed by atoms with van der Waals surface area (Å²) in [4.78, 5) is 24.6. The molecule has 2 heterocycles. The zero-order valence-corrected chi connectivity index (χ0v) is 14.7. The Balaban J connectivity index is 1.87.